The number of hydrogen-bond acceptors (Lipinski definition) is 4. The zero-order valence-corrected chi connectivity index (χ0v) is 13.0. The zero-order chi connectivity index (χ0) is 15.6. The first-order chi connectivity index (χ1) is 11.4. The van der Waals surface area contributed by atoms with E-state index in [0.29, 0.717) is 0 Å². The van der Waals surface area contributed by atoms with Gasteiger partial charge in [0.2, 0.25) is 5.96 Å². The highest BCUT2D eigenvalue weighted by molar-refractivity contribution is 5.96. The van der Waals surface area contributed by atoms with Gasteiger partial charge in [0.1, 0.15) is 5.75 Å². The lowest BCUT2D eigenvalue weighted by Gasteiger charge is -2.18. The lowest BCUT2D eigenvalue weighted by Crippen LogP contribution is -2.34. The third-order valence-corrected chi connectivity index (χ3v) is 4.09. The van der Waals surface area contributed by atoms with E-state index in [1.54, 1.807) is 13.3 Å². The molecule has 0 unspecified atom stereocenters. The Labute approximate surface area is 134 Å². The molecule has 3 aromatic rings. The van der Waals surface area contributed by atoms with Gasteiger partial charge in [-0.1, -0.05) is 30.3 Å². The second kappa shape index (κ2) is 5.76. The number of benzene rings is 1. The lowest BCUT2D eigenvalue weighted by atomic mass is 10.2. The van der Waals surface area contributed by atoms with Gasteiger partial charge in [0.25, 0.3) is 0 Å². The van der Waals surface area contributed by atoms with Gasteiger partial charge in [-0.3, -0.25) is 9.56 Å². The number of ether oxygens (including phenoxy) is 1. The largest absolute Gasteiger partial charge is 0.496 e. The molecule has 23 heavy (non-hydrogen) atoms. The van der Waals surface area contributed by atoms with Crippen LogP contribution in [0.4, 0.5) is 0 Å². The molecule has 0 spiro atoms. The maximum Gasteiger partial charge on any atom is 0.204 e. The molecule has 1 aliphatic heterocycles. The fraction of sp³-hybridized carbons (Fsp3) is 0.222. The van der Waals surface area contributed by atoms with Crippen LogP contribution in [0, 0.1) is 0 Å². The predicted octanol–water partition coefficient (Wildman–Crippen LogP) is 2.59. The van der Waals surface area contributed by atoms with Crippen molar-refractivity contribution in [1.82, 2.24) is 14.9 Å². The number of fused-ring (bicyclic) bond motifs is 3. The van der Waals surface area contributed by atoms with Crippen LogP contribution in [0.1, 0.15) is 11.3 Å². The molecule has 1 aromatic carbocycles. The van der Waals surface area contributed by atoms with Crippen LogP contribution in [0.2, 0.25) is 0 Å². The van der Waals surface area contributed by atoms with Crippen molar-refractivity contribution in [2.24, 2.45) is 4.99 Å². The number of aromatic nitrogens is 2. The van der Waals surface area contributed by atoms with Crippen LogP contribution in [-0.4, -0.2) is 29.2 Å². The number of pyridine rings is 1. The van der Waals surface area contributed by atoms with E-state index in [0.717, 1.165) is 42.3 Å². The van der Waals surface area contributed by atoms with E-state index in [-0.39, 0.29) is 0 Å². The molecule has 0 saturated carbocycles. The van der Waals surface area contributed by atoms with E-state index in [4.69, 9.17) is 4.74 Å². The smallest absolute Gasteiger partial charge is 0.204 e. The minimum absolute atomic E-state index is 0.739. The summed E-state index contributed by atoms with van der Waals surface area (Å²) in [6.45, 7) is 1.53. The van der Waals surface area contributed by atoms with E-state index < -0.39 is 0 Å². The molecule has 3 heterocycles. The molecular weight excluding hydrogens is 288 g/mol. The van der Waals surface area contributed by atoms with Crippen molar-refractivity contribution in [2.45, 2.75) is 13.0 Å². The maximum absolute atomic E-state index is 5.46. The first-order valence-corrected chi connectivity index (χ1v) is 7.73. The molecular formula is C18H18N4O. The van der Waals surface area contributed by atoms with Crippen molar-refractivity contribution in [3.05, 3.63) is 59.9 Å². The fourth-order valence-electron chi connectivity index (χ4n) is 2.98. The quantitative estimate of drug-likeness (QED) is 0.809. The summed E-state index contributed by atoms with van der Waals surface area (Å²) in [5.41, 5.74) is 3.32. The summed E-state index contributed by atoms with van der Waals surface area (Å²) in [5, 5.41) is 4.47. The van der Waals surface area contributed by atoms with Gasteiger partial charge in [-0.15, -0.1) is 0 Å². The SMILES string of the molecule is COc1ccnc2c1cc1n2C(NCc2ccccc2)=NCC1. The number of rotatable bonds is 3. The number of aliphatic imine (C=N–C) groups is 1. The highest BCUT2D eigenvalue weighted by atomic mass is 16.5. The van der Waals surface area contributed by atoms with Gasteiger partial charge in [-0.25, -0.2) is 4.98 Å². The summed E-state index contributed by atoms with van der Waals surface area (Å²) in [6.07, 6.45) is 2.69. The number of nitrogens with zero attached hydrogens (tertiary/aromatic N) is 3. The van der Waals surface area contributed by atoms with E-state index in [9.17, 15) is 0 Å². The second-order valence-electron chi connectivity index (χ2n) is 5.52. The minimum atomic E-state index is 0.739. The Morgan fingerprint density at radius 2 is 2.09 bits per heavy atom. The van der Waals surface area contributed by atoms with Crippen LogP contribution in [0.25, 0.3) is 11.0 Å². The van der Waals surface area contributed by atoms with E-state index in [1.165, 1.54) is 11.3 Å². The number of methoxy groups -OCH3 is 1. The molecule has 0 saturated heterocycles. The third kappa shape index (κ3) is 2.44. The van der Waals surface area contributed by atoms with Gasteiger partial charge in [0.05, 0.1) is 12.5 Å². The zero-order valence-electron chi connectivity index (χ0n) is 13.0. The average molecular weight is 306 g/mol. The third-order valence-electron chi connectivity index (χ3n) is 4.09. The summed E-state index contributed by atoms with van der Waals surface area (Å²) in [4.78, 5) is 9.18. The molecule has 0 aliphatic carbocycles. The number of nitrogens with one attached hydrogen (secondary N) is 1. The Kier molecular flexibility index (Phi) is 3.46. The summed E-state index contributed by atoms with van der Waals surface area (Å²) in [6, 6.07) is 14.4. The van der Waals surface area contributed by atoms with E-state index >= 15 is 0 Å². The summed E-state index contributed by atoms with van der Waals surface area (Å²) >= 11 is 0. The monoisotopic (exact) mass is 306 g/mol. The molecule has 1 N–H and O–H groups in total. The van der Waals surface area contributed by atoms with Crippen molar-refractivity contribution < 1.29 is 4.74 Å². The van der Waals surface area contributed by atoms with E-state index in [1.807, 2.05) is 24.3 Å². The Morgan fingerprint density at radius 1 is 1.22 bits per heavy atom. The highest BCUT2D eigenvalue weighted by Gasteiger charge is 2.19. The average Bonchev–Trinajstić information content (AvgIpc) is 3.00. The predicted molar refractivity (Wildman–Crippen MR) is 91.0 cm³/mol. The van der Waals surface area contributed by atoms with Crippen molar-refractivity contribution in [3.63, 3.8) is 0 Å². The molecule has 0 radical (unpaired) electrons. The molecule has 0 amide bonds. The molecule has 1 aliphatic rings. The first kappa shape index (κ1) is 13.8. The van der Waals surface area contributed by atoms with Crippen LogP contribution in [0.15, 0.2) is 53.7 Å². The van der Waals surface area contributed by atoms with Gasteiger partial charge in [0.15, 0.2) is 5.65 Å². The van der Waals surface area contributed by atoms with Crippen molar-refractivity contribution in [2.75, 3.05) is 13.7 Å². The highest BCUT2D eigenvalue weighted by Crippen LogP contribution is 2.28. The van der Waals surface area contributed by atoms with Crippen molar-refractivity contribution in [1.29, 1.82) is 0 Å². The van der Waals surface area contributed by atoms with Crippen LogP contribution in [0.5, 0.6) is 5.75 Å². The van der Waals surface area contributed by atoms with Gasteiger partial charge in [0, 0.05) is 31.4 Å². The first-order valence-electron chi connectivity index (χ1n) is 7.73. The molecule has 5 nitrogen and oxygen atoms in total. The Bertz CT molecular complexity index is 867. The van der Waals surface area contributed by atoms with Crippen LogP contribution in [0.3, 0.4) is 0 Å². The fourth-order valence-corrected chi connectivity index (χ4v) is 2.98. The van der Waals surface area contributed by atoms with Crippen molar-refractivity contribution >= 4 is 17.0 Å². The van der Waals surface area contributed by atoms with Gasteiger partial charge in [-0.2, -0.15) is 0 Å². The Hall–Kier alpha value is -2.82. The Morgan fingerprint density at radius 3 is 2.91 bits per heavy atom. The normalized spacial score (nSPS) is 13.5. The standard InChI is InChI=1S/C18H18N4O/c1-23-16-8-10-19-17-15(16)11-14-7-9-20-18(22(14)17)21-12-13-5-3-2-4-6-13/h2-6,8,10-11H,7,9,12H2,1H3,(H,20,21). The van der Waals surface area contributed by atoms with Crippen LogP contribution < -0.4 is 10.1 Å². The number of hydrogen-bond donors (Lipinski definition) is 1. The van der Waals surface area contributed by atoms with Gasteiger partial charge < -0.3 is 10.1 Å². The topological polar surface area (TPSA) is 51.4 Å². The summed E-state index contributed by atoms with van der Waals surface area (Å²) in [5.74, 6) is 1.70. The molecule has 0 fully saturated rings. The van der Waals surface area contributed by atoms with Crippen molar-refractivity contribution in [3.8, 4) is 5.75 Å². The summed E-state index contributed by atoms with van der Waals surface area (Å²) < 4.78 is 7.56. The molecule has 5 heteroatoms. The van der Waals surface area contributed by atoms with Crippen LogP contribution >= 0.6 is 0 Å². The molecule has 116 valence electrons. The van der Waals surface area contributed by atoms with Crippen LogP contribution in [-0.2, 0) is 13.0 Å². The molecule has 4 rings (SSSR count). The van der Waals surface area contributed by atoms with Gasteiger partial charge >= 0.3 is 0 Å². The maximum atomic E-state index is 5.46. The minimum Gasteiger partial charge on any atom is -0.496 e. The molecule has 0 atom stereocenters. The Balaban J connectivity index is 1.70. The summed E-state index contributed by atoms with van der Waals surface area (Å²) in [7, 11) is 1.69. The lowest BCUT2D eigenvalue weighted by molar-refractivity contribution is 0.419. The van der Waals surface area contributed by atoms with E-state index in [2.05, 4.69) is 38.1 Å². The molecule has 2 aromatic heterocycles. The second-order valence-corrected chi connectivity index (χ2v) is 5.52. The molecule has 0 bridgehead atoms. The van der Waals surface area contributed by atoms with Gasteiger partial charge in [-0.05, 0) is 17.7 Å².